The number of aliphatic hydroxyl groups excluding tert-OH is 1. The molecule has 25 heavy (non-hydrogen) atoms. The molecule has 0 spiro atoms. The lowest BCUT2D eigenvalue weighted by Gasteiger charge is -2.24. The molecule has 0 heterocycles. The number of nitrogens with one attached hydrogen (secondary N) is 1. The summed E-state index contributed by atoms with van der Waals surface area (Å²) in [5.74, 6) is 1.42. The van der Waals surface area contributed by atoms with Crippen LogP contribution >= 0.6 is 0 Å². The predicted octanol–water partition coefficient (Wildman–Crippen LogP) is 3.08. The third-order valence-electron chi connectivity index (χ3n) is 3.74. The van der Waals surface area contributed by atoms with E-state index in [1.807, 2.05) is 39.8 Å². The quantitative estimate of drug-likeness (QED) is 0.751. The molecule has 0 aliphatic rings. The Morgan fingerprint density at radius 2 is 1.72 bits per heavy atom. The summed E-state index contributed by atoms with van der Waals surface area (Å²) in [6.45, 7) is 7.55. The van der Waals surface area contributed by atoms with E-state index in [-0.39, 0.29) is 12.6 Å². The fraction of sp³-hybridized carbons (Fsp3) is 0.632. The molecule has 1 amide bonds. The zero-order chi connectivity index (χ0) is 19.0. The van der Waals surface area contributed by atoms with E-state index in [1.54, 1.807) is 14.2 Å². The number of hydrogen-bond acceptors (Lipinski definition) is 5. The normalized spacial score (nSPS) is 12.4. The molecule has 6 heteroatoms. The third-order valence-corrected chi connectivity index (χ3v) is 3.74. The average molecular weight is 353 g/mol. The Balaban J connectivity index is 2.96. The van der Waals surface area contributed by atoms with Gasteiger partial charge in [-0.3, -0.25) is 0 Å². The van der Waals surface area contributed by atoms with Gasteiger partial charge in [0, 0.05) is 18.2 Å². The largest absolute Gasteiger partial charge is 0.496 e. The first kappa shape index (κ1) is 21.1. The molecule has 1 rings (SSSR count). The molecule has 0 aromatic heterocycles. The standard InChI is InChI=1S/C19H31NO5/c1-7-15(20-18(22)25-19(2,3)4)10-14-12-16(23-5)13(8-9-21)11-17(14)24-6/h11-12,15,21H,7-10H2,1-6H3,(H,20,22). The SMILES string of the molecule is CCC(Cc1cc(OC)c(CCO)cc1OC)NC(=O)OC(C)(C)C. The molecule has 0 fully saturated rings. The molecular weight excluding hydrogens is 322 g/mol. The third kappa shape index (κ3) is 6.82. The zero-order valence-electron chi connectivity index (χ0n) is 16.1. The van der Waals surface area contributed by atoms with Crippen LogP contribution < -0.4 is 14.8 Å². The fourth-order valence-electron chi connectivity index (χ4n) is 2.54. The van der Waals surface area contributed by atoms with Gasteiger partial charge in [-0.05, 0) is 57.7 Å². The summed E-state index contributed by atoms with van der Waals surface area (Å²) in [4.78, 5) is 12.0. The summed E-state index contributed by atoms with van der Waals surface area (Å²) in [7, 11) is 3.21. The summed E-state index contributed by atoms with van der Waals surface area (Å²) in [5.41, 5.74) is 1.29. The number of alkyl carbamates (subject to hydrolysis) is 1. The van der Waals surface area contributed by atoms with Crippen molar-refractivity contribution in [1.29, 1.82) is 0 Å². The van der Waals surface area contributed by atoms with Crippen molar-refractivity contribution in [2.45, 2.75) is 58.6 Å². The van der Waals surface area contributed by atoms with Crippen molar-refractivity contribution in [3.63, 3.8) is 0 Å². The van der Waals surface area contributed by atoms with Gasteiger partial charge >= 0.3 is 6.09 Å². The Hall–Kier alpha value is -1.95. The van der Waals surface area contributed by atoms with Crippen molar-refractivity contribution in [2.75, 3.05) is 20.8 Å². The maximum Gasteiger partial charge on any atom is 0.407 e. The first-order chi connectivity index (χ1) is 11.7. The summed E-state index contributed by atoms with van der Waals surface area (Å²) >= 11 is 0. The topological polar surface area (TPSA) is 77.0 Å². The summed E-state index contributed by atoms with van der Waals surface area (Å²) < 4.78 is 16.2. The Kier molecular flexibility index (Phi) is 8.03. The minimum atomic E-state index is -0.533. The molecule has 0 bridgehead atoms. The molecule has 0 saturated heterocycles. The van der Waals surface area contributed by atoms with E-state index in [0.717, 1.165) is 17.5 Å². The van der Waals surface area contributed by atoms with Gasteiger partial charge in [0.25, 0.3) is 0 Å². The van der Waals surface area contributed by atoms with Gasteiger partial charge in [-0.25, -0.2) is 4.79 Å². The minimum Gasteiger partial charge on any atom is -0.496 e. The molecule has 0 aliphatic carbocycles. The van der Waals surface area contributed by atoms with Gasteiger partial charge in [0.1, 0.15) is 17.1 Å². The molecule has 1 atom stereocenters. The highest BCUT2D eigenvalue weighted by atomic mass is 16.6. The van der Waals surface area contributed by atoms with Crippen molar-refractivity contribution in [2.24, 2.45) is 0 Å². The Bertz CT molecular complexity index is 566. The van der Waals surface area contributed by atoms with Crippen molar-refractivity contribution in [1.82, 2.24) is 5.32 Å². The van der Waals surface area contributed by atoms with E-state index in [9.17, 15) is 9.90 Å². The van der Waals surface area contributed by atoms with Gasteiger partial charge < -0.3 is 24.6 Å². The van der Waals surface area contributed by atoms with Crippen LogP contribution in [0.2, 0.25) is 0 Å². The summed E-state index contributed by atoms with van der Waals surface area (Å²) in [6, 6.07) is 3.70. The minimum absolute atomic E-state index is 0.0383. The van der Waals surface area contributed by atoms with Crippen molar-refractivity contribution >= 4 is 6.09 Å². The van der Waals surface area contributed by atoms with Crippen LogP contribution in [-0.4, -0.2) is 43.7 Å². The second-order valence-corrected chi connectivity index (χ2v) is 6.91. The van der Waals surface area contributed by atoms with E-state index in [1.165, 1.54) is 0 Å². The second kappa shape index (κ2) is 9.51. The number of aliphatic hydroxyl groups is 1. The van der Waals surface area contributed by atoms with Crippen molar-refractivity contribution in [3.8, 4) is 11.5 Å². The highest BCUT2D eigenvalue weighted by Gasteiger charge is 2.20. The van der Waals surface area contributed by atoms with E-state index >= 15 is 0 Å². The van der Waals surface area contributed by atoms with Gasteiger partial charge in [0.05, 0.1) is 14.2 Å². The number of hydrogen-bond donors (Lipinski definition) is 2. The fourth-order valence-corrected chi connectivity index (χ4v) is 2.54. The lowest BCUT2D eigenvalue weighted by molar-refractivity contribution is 0.0502. The van der Waals surface area contributed by atoms with Gasteiger partial charge in [-0.1, -0.05) is 6.92 Å². The first-order valence-electron chi connectivity index (χ1n) is 8.58. The van der Waals surface area contributed by atoms with Gasteiger partial charge in [0.2, 0.25) is 0 Å². The molecule has 2 N–H and O–H groups in total. The van der Waals surface area contributed by atoms with Gasteiger partial charge in [-0.2, -0.15) is 0 Å². The monoisotopic (exact) mass is 353 g/mol. The lowest BCUT2D eigenvalue weighted by Crippen LogP contribution is -2.40. The number of carbonyl (C=O) groups is 1. The van der Waals surface area contributed by atoms with E-state index in [4.69, 9.17) is 14.2 Å². The van der Waals surface area contributed by atoms with E-state index < -0.39 is 11.7 Å². The highest BCUT2D eigenvalue weighted by molar-refractivity contribution is 5.68. The number of amides is 1. The molecule has 142 valence electrons. The van der Waals surface area contributed by atoms with Crippen LogP contribution in [0.3, 0.4) is 0 Å². The second-order valence-electron chi connectivity index (χ2n) is 6.91. The predicted molar refractivity (Wildman–Crippen MR) is 97.5 cm³/mol. The van der Waals surface area contributed by atoms with Gasteiger partial charge in [-0.15, -0.1) is 0 Å². The van der Waals surface area contributed by atoms with E-state index in [2.05, 4.69) is 5.32 Å². The maximum atomic E-state index is 12.0. The van der Waals surface area contributed by atoms with Gasteiger partial charge in [0.15, 0.2) is 0 Å². The van der Waals surface area contributed by atoms with Crippen LogP contribution in [0.5, 0.6) is 11.5 Å². The van der Waals surface area contributed by atoms with Crippen molar-refractivity contribution in [3.05, 3.63) is 23.3 Å². The Labute approximate surface area is 150 Å². The Morgan fingerprint density at radius 3 is 2.20 bits per heavy atom. The zero-order valence-corrected chi connectivity index (χ0v) is 16.1. The van der Waals surface area contributed by atoms with Crippen LogP contribution in [0.1, 0.15) is 45.2 Å². The number of ether oxygens (including phenoxy) is 3. The summed E-state index contributed by atoms with van der Waals surface area (Å²) in [5, 5.41) is 12.1. The highest BCUT2D eigenvalue weighted by Crippen LogP contribution is 2.30. The molecule has 1 aromatic carbocycles. The van der Waals surface area contributed by atoms with Crippen LogP contribution in [0, 0.1) is 0 Å². The van der Waals surface area contributed by atoms with E-state index in [0.29, 0.717) is 24.3 Å². The molecule has 0 radical (unpaired) electrons. The smallest absolute Gasteiger partial charge is 0.407 e. The Morgan fingerprint density at radius 1 is 1.16 bits per heavy atom. The van der Waals surface area contributed by atoms with Crippen molar-refractivity contribution < 1.29 is 24.1 Å². The molecule has 0 saturated carbocycles. The number of rotatable bonds is 8. The molecule has 1 unspecified atom stereocenters. The maximum absolute atomic E-state index is 12.0. The van der Waals surface area contributed by atoms with Crippen LogP contribution in [-0.2, 0) is 17.6 Å². The van der Waals surface area contributed by atoms with Crippen LogP contribution in [0.4, 0.5) is 4.79 Å². The number of benzene rings is 1. The molecular formula is C19H31NO5. The summed E-state index contributed by atoms with van der Waals surface area (Å²) in [6.07, 6.45) is 1.41. The first-order valence-corrected chi connectivity index (χ1v) is 8.58. The average Bonchev–Trinajstić information content (AvgIpc) is 2.53. The molecule has 6 nitrogen and oxygen atoms in total. The molecule has 1 aromatic rings. The number of carbonyl (C=O) groups excluding carboxylic acids is 1. The molecule has 0 aliphatic heterocycles. The van der Waals surface area contributed by atoms with Crippen LogP contribution in [0.25, 0.3) is 0 Å². The lowest BCUT2D eigenvalue weighted by atomic mass is 9.99. The number of methoxy groups -OCH3 is 2. The van der Waals surface area contributed by atoms with Crippen LogP contribution in [0.15, 0.2) is 12.1 Å².